The summed E-state index contributed by atoms with van der Waals surface area (Å²) in [5.41, 5.74) is 10.8. The van der Waals surface area contributed by atoms with Gasteiger partial charge in [-0.05, 0) is 85.3 Å². The molecule has 7 nitrogen and oxygen atoms in total. The van der Waals surface area contributed by atoms with Gasteiger partial charge in [0, 0.05) is 49.3 Å². The van der Waals surface area contributed by atoms with E-state index in [4.69, 9.17) is 26.1 Å². The summed E-state index contributed by atoms with van der Waals surface area (Å²) >= 11 is 7.27. The maximum Gasteiger partial charge on any atom is 0.259 e. The van der Waals surface area contributed by atoms with Crippen LogP contribution >= 0.6 is 11.6 Å². The molecule has 1 N–H and O–H groups in total. The van der Waals surface area contributed by atoms with Gasteiger partial charge in [-0.25, -0.2) is 4.98 Å². The van der Waals surface area contributed by atoms with Crippen LogP contribution in [-0.4, -0.2) is 55.1 Å². The van der Waals surface area contributed by atoms with Crippen LogP contribution in [-0.2, 0) is 22.4 Å². The van der Waals surface area contributed by atoms with Crippen LogP contribution in [0.1, 0.15) is 82.4 Å². The van der Waals surface area contributed by atoms with E-state index in [1.54, 1.807) is 14.2 Å². The summed E-state index contributed by atoms with van der Waals surface area (Å²) in [6.45, 7) is 13.8. The number of halogens is 1. The van der Waals surface area contributed by atoms with Crippen molar-refractivity contribution < 1.29 is 14.3 Å². The number of anilines is 1. The van der Waals surface area contributed by atoms with Crippen molar-refractivity contribution in [2.75, 3.05) is 39.7 Å². The van der Waals surface area contributed by atoms with Crippen molar-refractivity contribution >= 4 is 23.2 Å². The summed E-state index contributed by atoms with van der Waals surface area (Å²) in [4.78, 5) is 23.2. The molecule has 1 fully saturated rings. The molecule has 1 amide bonds. The third-order valence-electron chi connectivity index (χ3n) is 9.94. The monoisotopic (exact) mass is 682 g/mol. The van der Waals surface area contributed by atoms with Crippen molar-refractivity contribution in [1.29, 1.82) is 0 Å². The lowest BCUT2D eigenvalue weighted by Crippen LogP contribution is -2.39. The number of aromatic nitrogens is 1. The Morgan fingerprint density at radius 1 is 1.04 bits per heavy atom. The van der Waals surface area contributed by atoms with Crippen molar-refractivity contribution in [2.45, 2.75) is 78.6 Å². The summed E-state index contributed by atoms with van der Waals surface area (Å²) in [5, 5.41) is 3.97. The lowest BCUT2D eigenvalue weighted by Gasteiger charge is -2.40. The quantitative estimate of drug-likeness (QED) is 0.230. The van der Waals surface area contributed by atoms with Gasteiger partial charge in [-0.1, -0.05) is 76.2 Å². The summed E-state index contributed by atoms with van der Waals surface area (Å²) < 4.78 is 11.0. The second-order valence-corrected chi connectivity index (χ2v) is 13.1. The van der Waals surface area contributed by atoms with Crippen molar-refractivity contribution in [2.24, 2.45) is 0 Å². The fourth-order valence-corrected chi connectivity index (χ4v) is 7.31. The Balaban J connectivity index is 0.00000230. The van der Waals surface area contributed by atoms with E-state index in [-0.39, 0.29) is 11.8 Å². The van der Waals surface area contributed by atoms with Crippen molar-refractivity contribution in [1.82, 2.24) is 14.8 Å². The number of aryl methyl sites for hydroxylation is 1. The molecule has 260 valence electrons. The molecule has 0 radical (unpaired) electrons. The van der Waals surface area contributed by atoms with E-state index in [0.717, 1.165) is 90.1 Å². The molecule has 3 aliphatic rings. The van der Waals surface area contributed by atoms with E-state index in [1.165, 1.54) is 16.7 Å². The number of amides is 1. The molecule has 49 heavy (non-hydrogen) atoms. The second kappa shape index (κ2) is 16.1. The highest BCUT2D eigenvalue weighted by Crippen LogP contribution is 2.44. The molecule has 1 atom stereocenters. The minimum atomic E-state index is -0.142. The summed E-state index contributed by atoms with van der Waals surface area (Å²) in [7, 11) is 5.36. The number of carbonyl (C=O) groups is 1. The first-order valence-electron chi connectivity index (χ1n) is 17.7. The van der Waals surface area contributed by atoms with Crippen molar-refractivity contribution in [3.8, 4) is 28.3 Å². The normalized spacial score (nSPS) is 16.0. The fourth-order valence-electron chi connectivity index (χ4n) is 6.98. The maximum atomic E-state index is 14.3. The molecule has 2 aliphatic carbocycles. The Labute approximate surface area is 297 Å². The molecule has 8 heteroatoms. The lowest BCUT2D eigenvalue weighted by molar-refractivity contribution is -0.113. The minimum absolute atomic E-state index is 0.142. The minimum Gasteiger partial charge on any atom is -0.481 e. The van der Waals surface area contributed by atoms with Crippen LogP contribution in [0.4, 0.5) is 5.69 Å². The van der Waals surface area contributed by atoms with Gasteiger partial charge in [0.2, 0.25) is 5.88 Å². The third kappa shape index (κ3) is 7.15. The molecular weight excluding hydrogens is 632 g/mol. The molecule has 0 bridgehead atoms. The molecule has 0 saturated heterocycles. The van der Waals surface area contributed by atoms with Gasteiger partial charge in [-0.15, -0.1) is 0 Å². The summed E-state index contributed by atoms with van der Waals surface area (Å²) in [6, 6.07) is 14.4. The standard InChI is InChI=1S/C39H45ClN4O3.C2H6/c1-7-24(2)35-29(30-17-10-18-31(36(30)40)34-22-27-14-9-15-28(27)39(42-34)47-6)16-11-19-33(35)41-38(45)32-23-44(20-21-46-5)25(3)43(4)37(32)26-12-8-13-26;1-2/h10-11,16-19,22-24H,3,7-9,12-15,20-21H2,1-2,4-6H3,(H,41,45);1-2H3. The highest BCUT2D eigenvalue weighted by molar-refractivity contribution is 6.36. The number of pyridine rings is 1. The Morgan fingerprint density at radius 3 is 2.41 bits per heavy atom. The van der Waals surface area contributed by atoms with Gasteiger partial charge in [-0.3, -0.25) is 4.79 Å². The molecule has 1 saturated carbocycles. The molecule has 1 unspecified atom stereocenters. The third-order valence-corrected chi connectivity index (χ3v) is 10.3. The van der Waals surface area contributed by atoms with Crippen LogP contribution < -0.4 is 10.1 Å². The smallest absolute Gasteiger partial charge is 0.259 e. The van der Waals surface area contributed by atoms with Gasteiger partial charge < -0.3 is 24.6 Å². The molecule has 1 aromatic heterocycles. The number of benzene rings is 2. The number of nitrogens with one attached hydrogen (secondary N) is 1. The zero-order valence-corrected chi connectivity index (χ0v) is 31.0. The summed E-state index contributed by atoms with van der Waals surface area (Å²) in [5.74, 6) is 1.53. The van der Waals surface area contributed by atoms with E-state index in [9.17, 15) is 4.79 Å². The Kier molecular flexibility index (Phi) is 11.9. The Bertz CT molecular complexity index is 1770. The largest absolute Gasteiger partial charge is 0.481 e. The van der Waals surface area contributed by atoms with Gasteiger partial charge in [0.05, 0.1) is 35.7 Å². The van der Waals surface area contributed by atoms with E-state index < -0.39 is 0 Å². The van der Waals surface area contributed by atoms with Crippen LogP contribution in [0.2, 0.25) is 5.02 Å². The van der Waals surface area contributed by atoms with Gasteiger partial charge in [0.1, 0.15) is 5.82 Å². The van der Waals surface area contributed by atoms with Gasteiger partial charge in [-0.2, -0.15) is 0 Å². The molecule has 0 spiro atoms. The number of hydrogen-bond donors (Lipinski definition) is 1. The Morgan fingerprint density at radius 2 is 1.73 bits per heavy atom. The first kappa shape index (κ1) is 36.2. The van der Waals surface area contributed by atoms with Gasteiger partial charge in [0.25, 0.3) is 5.91 Å². The number of hydrogen-bond acceptors (Lipinski definition) is 6. The highest BCUT2D eigenvalue weighted by Gasteiger charge is 2.32. The fraction of sp³-hybridized carbons (Fsp3) is 0.415. The first-order valence-corrected chi connectivity index (χ1v) is 18.1. The zero-order chi connectivity index (χ0) is 35.2. The average molecular weight is 683 g/mol. The van der Waals surface area contributed by atoms with Crippen molar-refractivity contribution in [3.63, 3.8) is 0 Å². The topological polar surface area (TPSA) is 66.9 Å². The number of methoxy groups -OCH3 is 2. The van der Waals surface area contributed by atoms with Crippen LogP contribution in [0.25, 0.3) is 22.4 Å². The average Bonchev–Trinajstić information content (AvgIpc) is 3.58. The number of carbonyl (C=O) groups excluding carboxylic acids is 1. The molecule has 1 aliphatic heterocycles. The van der Waals surface area contributed by atoms with Crippen LogP contribution in [0.5, 0.6) is 5.88 Å². The zero-order valence-electron chi connectivity index (χ0n) is 30.2. The second-order valence-electron chi connectivity index (χ2n) is 12.7. The predicted octanol–water partition coefficient (Wildman–Crippen LogP) is 9.73. The molecule has 2 aromatic carbocycles. The molecule has 2 heterocycles. The molecular formula is C41H51ClN4O3. The van der Waals surface area contributed by atoms with Gasteiger partial charge in [0.15, 0.2) is 0 Å². The molecule has 3 aromatic rings. The number of likely N-dealkylation sites (N-methyl/N-ethyl adjacent to an activating group) is 1. The van der Waals surface area contributed by atoms with E-state index in [1.807, 2.05) is 56.3 Å². The predicted molar refractivity (Wildman–Crippen MR) is 202 cm³/mol. The van der Waals surface area contributed by atoms with E-state index in [2.05, 4.69) is 48.8 Å². The lowest BCUT2D eigenvalue weighted by atomic mass is 9.86. The number of allylic oxidation sites excluding steroid dienone is 1. The Hall–Kier alpha value is -4.07. The first-order chi connectivity index (χ1) is 23.8. The number of rotatable bonds is 10. The highest BCUT2D eigenvalue weighted by atomic mass is 35.5. The van der Waals surface area contributed by atoms with Crippen molar-refractivity contribution in [3.05, 3.63) is 99.6 Å². The van der Waals surface area contributed by atoms with E-state index in [0.29, 0.717) is 29.6 Å². The number of fused-ring (bicyclic) bond motifs is 1. The number of nitrogens with zero attached hydrogens (tertiary/aromatic N) is 3. The van der Waals surface area contributed by atoms with Gasteiger partial charge >= 0.3 is 0 Å². The van der Waals surface area contributed by atoms with Crippen LogP contribution in [0.3, 0.4) is 0 Å². The maximum absolute atomic E-state index is 14.3. The van der Waals surface area contributed by atoms with Crippen LogP contribution in [0, 0.1) is 0 Å². The van der Waals surface area contributed by atoms with E-state index >= 15 is 0 Å². The SMILES string of the molecule is C=C1N(CCOC)C=C(C(=O)Nc2cccc(-c3cccc(-c4cc5c(c(OC)n4)CCC5)c3Cl)c2C(C)CC)C(=C2CCC2)N1C.CC. The van der Waals surface area contributed by atoms with Crippen LogP contribution in [0.15, 0.2) is 77.9 Å². The summed E-state index contributed by atoms with van der Waals surface area (Å²) in [6.07, 6.45) is 9.05. The number of ether oxygens (including phenoxy) is 2. The molecule has 6 rings (SSSR count).